The fourth-order valence-electron chi connectivity index (χ4n) is 0.783. The van der Waals surface area contributed by atoms with E-state index in [4.69, 9.17) is 15.3 Å². The Morgan fingerprint density at radius 3 is 2.27 bits per heavy atom. The van der Waals surface area contributed by atoms with Crippen LogP contribution in [0.2, 0.25) is 0 Å². The topological polar surface area (TPSA) is 83.7 Å². The van der Waals surface area contributed by atoms with Crippen LogP contribution in [-0.2, 0) is 4.79 Å². The van der Waals surface area contributed by atoms with Crippen LogP contribution in [0.15, 0.2) is 0 Å². The highest BCUT2D eigenvalue weighted by atomic mass is 16.9. The zero-order valence-electron chi connectivity index (χ0n) is 6.19. The smallest absolute Gasteiger partial charge is 0.291 e. The van der Waals surface area contributed by atoms with Gasteiger partial charge in [-0.3, -0.25) is 4.79 Å². The maximum Gasteiger partial charge on any atom is 0.291 e. The Kier molecular flexibility index (Phi) is 3.94. The van der Waals surface area contributed by atoms with Crippen molar-refractivity contribution in [3.05, 3.63) is 10.1 Å². The second kappa shape index (κ2) is 4.48. The maximum atomic E-state index is 10.5. The molecule has 1 N–H and O–H groups in total. The molecule has 0 bridgehead atoms. The molecule has 64 valence electrons. The van der Waals surface area contributed by atoms with Crippen molar-refractivity contribution in [1.29, 1.82) is 0 Å². The first-order chi connectivity index (χ1) is 5.04. The third-order valence-electron chi connectivity index (χ3n) is 1.31. The van der Waals surface area contributed by atoms with Crippen molar-refractivity contribution in [2.45, 2.75) is 12.8 Å². The van der Waals surface area contributed by atoms with Crippen LogP contribution in [0.1, 0.15) is 12.8 Å². The summed E-state index contributed by atoms with van der Waals surface area (Å²) in [4.78, 5) is 20.6. The van der Waals surface area contributed by atoms with Gasteiger partial charge in [-0.1, -0.05) is 0 Å². The summed E-state index contributed by atoms with van der Waals surface area (Å²) in [5.41, 5.74) is 0. The van der Waals surface area contributed by atoms with Gasteiger partial charge in [0.2, 0.25) is 5.91 Å². The van der Waals surface area contributed by atoms with Crippen LogP contribution in [0.5, 0.6) is 0 Å². The first-order valence-electron chi connectivity index (χ1n) is 3.11. The first kappa shape index (κ1) is 9.67. The van der Waals surface area contributed by atoms with Crippen LogP contribution in [0, 0.1) is 10.1 Å². The van der Waals surface area contributed by atoms with E-state index < -0.39 is 5.09 Å². The Bertz CT molecular complexity index is 155. The molecule has 1 aliphatic heterocycles. The highest BCUT2D eigenvalue weighted by molar-refractivity contribution is 5.77. The van der Waals surface area contributed by atoms with Gasteiger partial charge < -0.3 is 10.1 Å². The number of carbonyl (C=O) groups excluding carboxylic acids is 1. The Morgan fingerprint density at radius 2 is 2.18 bits per heavy atom. The third-order valence-corrected chi connectivity index (χ3v) is 1.31. The van der Waals surface area contributed by atoms with Gasteiger partial charge in [-0.05, 0) is 6.42 Å². The predicted octanol–water partition coefficient (Wildman–Crippen LogP) is -0.109. The molecule has 1 amide bonds. The SMILES string of the molecule is CN1CCCC1=O.O=[N+]([O-])O. The van der Waals surface area contributed by atoms with Crippen molar-refractivity contribution in [3.63, 3.8) is 0 Å². The van der Waals surface area contributed by atoms with Crippen molar-refractivity contribution >= 4 is 5.91 Å². The van der Waals surface area contributed by atoms with Gasteiger partial charge in [-0.2, -0.15) is 0 Å². The molecule has 0 atom stereocenters. The molecule has 0 radical (unpaired) electrons. The maximum absolute atomic E-state index is 10.5. The highest BCUT2D eigenvalue weighted by Gasteiger charge is 2.14. The van der Waals surface area contributed by atoms with E-state index in [1.165, 1.54) is 0 Å². The van der Waals surface area contributed by atoms with Gasteiger partial charge in [0.05, 0.1) is 0 Å². The summed E-state index contributed by atoms with van der Waals surface area (Å²) >= 11 is 0. The first-order valence-corrected chi connectivity index (χ1v) is 3.11. The molecular formula is C5H10N2O4. The minimum absolute atomic E-state index is 0.292. The average molecular weight is 162 g/mol. The second-order valence-electron chi connectivity index (χ2n) is 2.16. The van der Waals surface area contributed by atoms with E-state index >= 15 is 0 Å². The summed E-state index contributed by atoms with van der Waals surface area (Å²) in [6.45, 7) is 0.957. The molecule has 6 nitrogen and oxygen atoms in total. The van der Waals surface area contributed by atoms with Crippen molar-refractivity contribution < 1.29 is 15.1 Å². The normalized spacial score (nSPS) is 15.7. The fourth-order valence-corrected chi connectivity index (χ4v) is 0.783. The molecule has 0 unspecified atom stereocenters. The van der Waals surface area contributed by atoms with E-state index in [2.05, 4.69) is 0 Å². The highest BCUT2D eigenvalue weighted by Crippen LogP contribution is 2.04. The molecular weight excluding hydrogens is 152 g/mol. The van der Waals surface area contributed by atoms with E-state index in [1.54, 1.807) is 4.90 Å². The van der Waals surface area contributed by atoms with E-state index in [9.17, 15) is 4.79 Å². The van der Waals surface area contributed by atoms with E-state index in [0.29, 0.717) is 5.91 Å². The fraction of sp³-hybridized carbons (Fsp3) is 0.800. The van der Waals surface area contributed by atoms with Crippen molar-refractivity contribution in [3.8, 4) is 0 Å². The minimum Gasteiger partial charge on any atom is -0.346 e. The molecule has 1 aliphatic rings. The zero-order valence-corrected chi connectivity index (χ0v) is 6.19. The number of amides is 1. The average Bonchev–Trinajstić information content (AvgIpc) is 2.15. The van der Waals surface area contributed by atoms with Crippen LogP contribution >= 0.6 is 0 Å². The lowest BCUT2D eigenvalue weighted by atomic mass is 10.4. The quantitative estimate of drug-likeness (QED) is 0.398. The molecule has 1 saturated heterocycles. The second-order valence-corrected chi connectivity index (χ2v) is 2.16. The molecule has 0 aromatic carbocycles. The lowest BCUT2D eigenvalue weighted by molar-refractivity contribution is -0.742. The molecule has 0 saturated carbocycles. The van der Waals surface area contributed by atoms with E-state index in [-0.39, 0.29) is 0 Å². The Labute approximate surface area is 63.5 Å². The Morgan fingerprint density at radius 1 is 1.73 bits per heavy atom. The monoisotopic (exact) mass is 162 g/mol. The largest absolute Gasteiger partial charge is 0.346 e. The predicted molar refractivity (Wildman–Crippen MR) is 35.7 cm³/mol. The van der Waals surface area contributed by atoms with Gasteiger partial charge in [-0.25, -0.2) is 0 Å². The molecule has 0 spiro atoms. The van der Waals surface area contributed by atoms with E-state index in [0.717, 1.165) is 19.4 Å². The van der Waals surface area contributed by atoms with Crippen LogP contribution < -0.4 is 0 Å². The molecule has 6 heteroatoms. The Balaban J connectivity index is 0.000000218. The van der Waals surface area contributed by atoms with Gasteiger partial charge in [0.25, 0.3) is 5.09 Å². The minimum atomic E-state index is -1.50. The molecule has 1 fully saturated rings. The number of likely N-dealkylation sites (tertiary alicyclic amines) is 1. The molecule has 0 aliphatic carbocycles. The number of rotatable bonds is 0. The van der Waals surface area contributed by atoms with Crippen molar-refractivity contribution in [1.82, 2.24) is 4.90 Å². The van der Waals surface area contributed by atoms with Crippen molar-refractivity contribution in [2.75, 3.05) is 13.6 Å². The molecule has 11 heavy (non-hydrogen) atoms. The summed E-state index contributed by atoms with van der Waals surface area (Å²) in [6.07, 6.45) is 1.81. The van der Waals surface area contributed by atoms with Gasteiger partial charge in [-0.15, -0.1) is 10.1 Å². The van der Waals surface area contributed by atoms with Gasteiger partial charge >= 0.3 is 0 Å². The number of nitrogens with zero attached hydrogens (tertiary/aromatic N) is 2. The van der Waals surface area contributed by atoms with Gasteiger partial charge in [0, 0.05) is 20.0 Å². The molecule has 0 aromatic heterocycles. The summed E-state index contributed by atoms with van der Waals surface area (Å²) in [7, 11) is 1.84. The lowest BCUT2D eigenvalue weighted by Gasteiger charge is -2.03. The van der Waals surface area contributed by atoms with Crippen LogP contribution in [0.3, 0.4) is 0 Å². The number of carbonyl (C=O) groups is 1. The standard InChI is InChI=1S/C5H9NO.HNO3/c1-6-4-2-3-5(6)7;2-1(3)4/h2-4H2,1H3;(H,2,3,4). The summed E-state index contributed by atoms with van der Waals surface area (Å²) in [5, 5.41) is 13.6. The van der Waals surface area contributed by atoms with E-state index in [1.807, 2.05) is 7.05 Å². The summed E-state index contributed by atoms with van der Waals surface area (Å²) < 4.78 is 0. The lowest BCUT2D eigenvalue weighted by Crippen LogP contribution is -2.17. The number of hydrogen-bond acceptors (Lipinski definition) is 3. The third kappa shape index (κ3) is 5.13. The van der Waals surface area contributed by atoms with Crippen LogP contribution in [0.25, 0.3) is 0 Å². The molecule has 1 rings (SSSR count). The molecule has 0 aromatic rings. The summed E-state index contributed by atoms with van der Waals surface area (Å²) in [6, 6.07) is 0. The van der Waals surface area contributed by atoms with Gasteiger partial charge in [0.15, 0.2) is 0 Å². The Hall–Kier alpha value is -1.33. The number of hydrogen-bond donors (Lipinski definition) is 1. The summed E-state index contributed by atoms with van der Waals surface area (Å²) in [5.74, 6) is 0.292. The van der Waals surface area contributed by atoms with Crippen LogP contribution in [0.4, 0.5) is 0 Å². The molecule has 1 heterocycles. The van der Waals surface area contributed by atoms with Crippen molar-refractivity contribution in [2.24, 2.45) is 0 Å². The van der Waals surface area contributed by atoms with Crippen LogP contribution in [-0.4, -0.2) is 34.7 Å². The zero-order chi connectivity index (χ0) is 8.85. The van der Waals surface area contributed by atoms with Gasteiger partial charge in [0.1, 0.15) is 0 Å².